The summed E-state index contributed by atoms with van der Waals surface area (Å²) >= 11 is 0. The molecule has 1 amide bonds. The zero-order valence-corrected chi connectivity index (χ0v) is 16.7. The van der Waals surface area contributed by atoms with Crippen molar-refractivity contribution in [2.24, 2.45) is 0 Å². The Kier molecular flexibility index (Phi) is 5.16. The Hall–Kier alpha value is -2.32. The van der Waals surface area contributed by atoms with E-state index < -0.39 is 17.9 Å². The molecular formula is C20H26F3N5O. The molecule has 2 aromatic heterocycles. The second-order valence-corrected chi connectivity index (χ2v) is 8.04. The van der Waals surface area contributed by atoms with E-state index in [-0.39, 0.29) is 11.5 Å². The molecule has 0 bridgehead atoms. The van der Waals surface area contributed by atoms with E-state index in [1.165, 1.54) is 17.5 Å². The highest BCUT2D eigenvalue weighted by Crippen LogP contribution is 2.38. The first-order valence-electron chi connectivity index (χ1n) is 10.3. The smallest absolute Gasteiger partial charge is 0.307 e. The van der Waals surface area contributed by atoms with E-state index in [4.69, 9.17) is 0 Å². The zero-order chi connectivity index (χ0) is 20.8. The van der Waals surface area contributed by atoms with Crippen LogP contribution in [0.3, 0.4) is 0 Å². The fourth-order valence-electron chi connectivity index (χ4n) is 4.70. The molecule has 0 aliphatic heterocycles. The highest BCUT2D eigenvalue weighted by molar-refractivity contribution is 5.93. The van der Waals surface area contributed by atoms with Gasteiger partial charge in [0.15, 0.2) is 11.5 Å². The van der Waals surface area contributed by atoms with Crippen molar-refractivity contribution in [3.63, 3.8) is 0 Å². The lowest BCUT2D eigenvalue weighted by Crippen LogP contribution is -2.28. The molecule has 0 radical (unpaired) electrons. The van der Waals surface area contributed by atoms with Gasteiger partial charge in [0, 0.05) is 23.0 Å². The summed E-state index contributed by atoms with van der Waals surface area (Å²) in [5.41, 5.74) is 0.897. The highest BCUT2D eigenvalue weighted by atomic mass is 19.4. The lowest BCUT2D eigenvalue weighted by Gasteiger charge is -2.17. The molecule has 1 fully saturated rings. The largest absolute Gasteiger partial charge is 0.435 e. The number of nitrogens with one attached hydrogen (secondary N) is 1. The second-order valence-electron chi connectivity index (χ2n) is 8.04. The number of aryl methyl sites for hydroxylation is 1. The van der Waals surface area contributed by atoms with Crippen molar-refractivity contribution in [1.29, 1.82) is 0 Å². The van der Waals surface area contributed by atoms with Gasteiger partial charge < -0.3 is 5.32 Å². The number of nitrogens with zero attached hydrogens (tertiary/aromatic N) is 4. The van der Waals surface area contributed by atoms with Gasteiger partial charge in [0.2, 0.25) is 5.91 Å². The third kappa shape index (κ3) is 3.67. The summed E-state index contributed by atoms with van der Waals surface area (Å²) in [5.74, 6) is 0.0622. The van der Waals surface area contributed by atoms with Crippen LogP contribution in [-0.2, 0) is 23.8 Å². The number of carbonyl (C=O) groups is 1. The predicted molar refractivity (Wildman–Crippen MR) is 102 cm³/mol. The number of hydrogen-bond acceptors (Lipinski definition) is 3. The predicted octanol–water partition coefficient (Wildman–Crippen LogP) is 4.60. The molecule has 2 heterocycles. The quantitative estimate of drug-likeness (QED) is 0.785. The molecule has 0 spiro atoms. The van der Waals surface area contributed by atoms with Crippen molar-refractivity contribution in [1.82, 2.24) is 19.6 Å². The molecule has 2 aliphatic carbocycles. The highest BCUT2D eigenvalue weighted by Gasteiger charge is 2.41. The summed E-state index contributed by atoms with van der Waals surface area (Å²) < 4.78 is 43.4. The Labute approximate surface area is 167 Å². The van der Waals surface area contributed by atoms with E-state index in [1.54, 1.807) is 6.92 Å². The molecule has 0 aromatic carbocycles. The molecule has 29 heavy (non-hydrogen) atoms. The van der Waals surface area contributed by atoms with Crippen molar-refractivity contribution in [2.45, 2.75) is 83.5 Å². The first kappa shape index (κ1) is 20.0. The topological polar surface area (TPSA) is 64.7 Å². The summed E-state index contributed by atoms with van der Waals surface area (Å²) in [4.78, 5) is 12.9. The normalized spacial score (nSPS) is 18.2. The summed E-state index contributed by atoms with van der Waals surface area (Å²) in [6.07, 6.45) is 1.86. The number of hydrogen-bond donors (Lipinski definition) is 1. The average molecular weight is 409 g/mol. The zero-order valence-electron chi connectivity index (χ0n) is 16.7. The van der Waals surface area contributed by atoms with Crippen LogP contribution >= 0.6 is 0 Å². The van der Waals surface area contributed by atoms with Crippen LogP contribution in [-0.4, -0.2) is 25.5 Å². The van der Waals surface area contributed by atoms with Gasteiger partial charge in [-0.25, -0.2) is 0 Å². The third-order valence-corrected chi connectivity index (χ3v) is 6.06. The Morgan fingerprint density at radius 3 is 2.62 bits per heavy atom. The Morgan fingerprint density at radius 1 is 1.24 bits per heavy atom. The van der Waals surface area contributed by atoms with Crippen molar-refractivity contribution < 1.29 is 18.0 Å². The molecule has 0 saturated heterocycles. The fourth-order valence-corrected chi connectivity index (χ4v) is 4.70. The van der Waals surface area contributed by atoms with Crippen molar-refractivity contribution >= 4 is 11.7 Å². The van der Waals surface area contributed by atoms with E-state index >= 15 is 0 Å². The maximum Gasteiger partial charge on any atom is 0.435 e. The van der Waals surface area contributed by atoms with Gasteiger partial charge in [-0.2, -0.15) is 23.4 Å². The van der Waals surface area contributed by atoms with Gasteiger partial charge in [-0.15, -0.1) is 0 Å². The van der Waals surface area contributed by atoms with Gasteiger partial charge in [0.1, 0.15) is 6.04 Å². The van der Waals surface area contributed by atoms with E-state index in [0.29, 0.717) is 43.2 Å². The number of aromatic nitrogens is 4. The van der Waals surface area contributed by atoms with Gasteiger partial charge >= 0.3 is 6.18 Å². The molecule has 2 aliphatic rings. The van der Waals surface area contributed by atoms with E-state index in [0.717, 1.165) is 18.5 Å². The summed E-state index contributed by atoms with van der Waals surface area (Å²) in [7, 11) is 0. The van der Waals surface area contributed by atoms with Crippen LogP contribution in [0.5, 0.6) is 0 Å². The summed E-state index contributed by atoms with van der Waals surface area (Å²) in [5, 5.41) is 11.2. The molecule has 6 nitrogen and oxygen atoms in total. The van der Waals surface area contributed by atoms with Crippen LogP contribution in [0.15, 0.2) is 6.07 Å². The number of halogens is 3. The Morgan fingerprint density at radius 2 is 1.97 bits per heavy atom. The standard InChI is InChI=1S/C20H26F3N5O/c1-3-15(28-16-10-6-9-14(16)18(26-28)20(21,22)23)19(29)24-17-11-12(2)27(25-17)13-7-4-5-8-13/h11,13,15H,3-10H2,1-2H3,(H,24,25,29)/t15-/m0/s1. The lowest BCUT2D eigenvalue weighted by atomic mass is 10.1. The summed E-state index contributed by atoms with van der Waals surface area (Å²) in [6, 6.07) is 1.37. The third-order valence-electron chi connectivity index (χ3n) is 6.06. The van der Waals surface area contributed by atoms with Gasteiger partial charge in [-0.05, 0) is 45.4 Å². The molecule has 4 rings (SSSR count). The summed E-state index contributed by atoms with van der Waals surface area (Å²) in [6.45, 7) is 3.73. The van der Waals surface area contributed by atoms with E-state index in [2.05, 4.69) is 15.5 Å². The SMILES string of the molecule is CC[C@@H](C(=O)Nc1cc(C)n(C2CCCC2)n1)n1nc(C(F)(F)F)c2c1CCC2. The van der Waals surface area contributed by atoms with E-state index in [9.17, 15) is 18.0 Å². The first-order valence-corrected chi connectivity index (χ1v) is 10.3. The fraction of sp³-hybridized carbons (Fsp3) is 0.650. The first-order chi connectivity index (χ1) is 13.8. The average Bonchev–Trinajstić information content (AvgIpc) is 3.39. The maximum absolute atomic E-state index is 13.4. The molecule has 1 N–H and O–H groups in total. The van der Waals surface area contributed by atoms with Crippen LogP contribution in [0.1, 0.15) is 80.2 Å². The molecule has 1 atom stereocenters. The number of alkyl halides is 3. The van der Waals surface area contributed by atoms with Crippen LogP contribution in [0.2, 0.25) is 0 Å². The number of rotatable bonds is 5. The van der Waals surface area contributed by atoms with Gasteiger partial charge in [-0.3, -0.25) is 14.2 Å². The molecule has 2 aromatic rings. The minimum absolute atomic E-state index is 0.241. The van der Waals surface area contributed by atoms with Gasteiger partial charge in [0.25, 0.3) is 0 Å². The molecule has 0 unspecified atom stereocenters. The molecule has 158 valence electrons. The van der Waals surface area contributed by atoms with Crippen LogP contribution in [0.25, 0.3) is 0 Å². The van der Waals surface area contributed by atoms with Crippen molar-refractivity contribution in [3.05, 3.63) is 28.7 Å². The molecule has 1 saturated carbocycles. The number of anilines is 1. The van der Waals surface area contributed by atoms with Gasteiger partial charge in [0.05, 0.1) is 6.04 Å². The monoisotopic (exact) mass is 409 g/mol. The molecular weight excluding hydrogens is 383 g/mol. The number of amides is 1. The minimum atomic E-state index is -4.51. The van der Waals surface area contributed by atoms with Crippen LogP contribution in [0.4, 0.5) is 19.0 Å². The number of carbonyl (C=O) groups excluding carboxylic acids is 1. The molecule has 9 heteroatoms. The van der Waals surface area contributed by atoms with Crippen molar-refractivity contribution in [3.8, 4) is 0 Å². The minimum Gasteiger partial charge on any atom is -0.307 e. The Balaban J connectivity index is 1.58. The van der Waals surface area contributed by atoms with Crippen LogP contribution in [0, 0.1) is 6.92 Å². The lowest BCUT2D eigenvalue weighted by molar-refractivity contribution is -0.142. The second kappa shape index (κ2) is 7.50. The van der Waals surface area contributed by atoms with Crippen LogP contribution < -0.4 is 5.32 Å². The number of fused-ring (bicyclic) bond motifs is 1. The van der Waals surface area contributed by atoms with Gasteiger partial charge in [-0.1, -0.05) is 19.8 Å². The maximum atomic E-state index is 13.4. The van der Waals surface area contributed by atoms with E-state index in [1.807, 2.05) is 17.7 Å². The van der Waals surface area contributed by atoms with Crippen molar-refractivity contribution in [2.75, 3.05) is 5.32 Å². The Bertz CT molecular complexity index is 908.